The first-order chi connectivity index (χ1) is 16.2. The Kier molecular flexibility index (Phi) is 8.09. The van der Waals surface area contributed by atoms with Crippen molar-refractivity contribution in [1.82, 2.24) is 14.5 Å². The van der Waals surface area contributed by atoms with Crippen molar-refractivity contribution in [2.45, 2.75) is 57.5 Å². The van der Waals surface area contributed by atoms with Gasteiger partial charge < -0.3 is 10.2 Å². The Hall–Kier alpha value is -3.20. The summed E-state index contributed by atoms with van der Waals surface area (Å²) in [5, 5.41) is 2.85. The number of aryl methyl sites for hydroxylation is 1. The second-order valence-electron chi connectivity index (χ2n) is 8.35. The van der Waals surface area contributed by atoms with E-state index in [1.54, 1.807) is 12.1 Å². The maximum absolute atomic E-state index is 13.4. The minimum absolute atomic E-state index is 0.0468. The van der Waals surface area contributed by atoms with Gasteiger partial charge in [-0.15, -0.1) is 0 Å². The molecule has 9 heteroatoms. The predicted octanol–water partition coefficient (Wildman–Crippen LogP) is 2.86. The molecule has 1 heterocycles. The molecule has 2 aromatic rings. The molecule has 0 saturated carbocycles. The van der Waals surface area contributed by atoms with Crippen LogP contribution in [0.25, 0.3) is 0 Å². The van der Waals surface area contributed by atoms with Gasteiger partial charge in [-0.05, 0) is 37.5 Å². The smallest absolute Gasteiger partial charge is 0.269 e. The lowest BCUT2D eigenvalue weighted by atomic mass is 10.1. The number of hydrogen-bond acceptors (Lipinski definition) is 5. The molecule has 3 rings (SSSR count). The lowest BCUT2D eigenvalue weighted by Crippen LogP contribution is -2.49. The largest absolute Gasteiger partial charge is 0.354 e. The Balaban J connectivity index is 1.82. The van der Waals surface area contributed by atoms with Crippen molar-refractivity contribution in [2.75, 3.05) is 13.1 Å². The van der Waals surface area contributed by atoms with Crippen LogP contribution >= 0.6 is 0 Å². The number of sulfonamides is 1. The first-order valence-corrected chi connectivity index (χ1v) is 12.9. The number of rotatable bonds is 10. The van der Waals surface area contributed by atoms with Crippen molar-refractivity contribution in [3.8, 4) is 0 Å². The van der Waals surface area contributed by atoms with Crippen LogP contribution in [0, 0.1) is 6.92 Å². The first-order valence-electron chi connectivity index (χ1n) is 11.5. The van der Waals surface area contributed by atoms with Crippen LogP contribution in [0.15, 0.2) is 53.4 Å². The zero-order chi connectivity index (χ0) is 24.9. The predicted molar refractivity (Wildman–Crippen MR) is 128 cm³/mol. The minimum atomic E-state index is -4.00. The highest BCUT2D eigenvalue weighted by molar-refractivity contribution is 7.90. The molecule has 1 aliphatic rings. The molecule has 0 radical (unpaired) electrons. The van der Waals surface area contributed by atoms with E-state index in [-0.39, 0.29) is 41.8 Å². The quantitative estimate of drug-likeness (QED) is 0.557. The highest BCUT2D eigenvalue weighted by Gasteiger charge is 2.41. The minimum Gasteiger partial charge on any atom is -0.354 e. The Morgan fingerprint density at radius 3 is 2.47 bits per heavy atom. The molecular weight excluding hydrogens is 454 g/mol. The number of nitrogens with one attached hydrogen (secondary N) is 1. The van der Waals surface area contributed by atoms with Gasteiger partial charge in [-0.25, -0.2) is 12.7 Å². The van der Waals surface area contributed by atoms with E-state index in [1.807, 2.05) is 45.0 Å². The van der Waals surface area contributed by atoms with Gasteiger partial charge in [0.2, 0.25) is 11.8 Å². The van der Waals surface area contributed by atoms with E-state index in [0.29, 0.717) is 13.0 Å². The number of hydrogen-bond donors (Lipinski definition) is 1. The summed E-state index contributed by atoms with van der Waals surface area (Å²) in [6, 6.07) is 13.0. The third-order valence-electron chi connectivity index (χ3n) is 5.81. The van der Waals surface area contributed by atoms with Crippen molar-refractivity contribution in [3.05, 3.63) is 65.2 Å². The summed E-state index contributed by atoms with van der Waals surface area (Å²) < 4.78 is 26.4. The topological polar surface area (TPSA) is 104 Å². The number of nitrogens with zero attached hydrogens (tertiary/aromatic N) is 2. The van der Waals surface area contributed by atoms with Gasteiger partial charge in [0, 0.05) is 26.1 Å². The Morgan fingerprint density at radius 1 is 1.09 bits per heavy atom. The van der Waals surface area contributed by atoms with Crippen molar-refractivity contribution < 1.29 is 22.8 Å². The van der Waals surface area contributed by atoms with E-state index < -0.39 is 22.0 Å². The molecule has 0 unspecified atom stereocenters. The molecule has 3 amide bonds. The molecule has 1 aliphatic heterocycles. The van der Waals surface area contributed by atoms with E-state index in [2.05, 4.69) is 5.32 Å². The number of fused-ring (bicyclic) bond motifs is 1. The van der Waals surface area contributed by atoms with Gasteiger partial charge in [-0.2, -0.15) is 0 Å². The summed E-state index contributed by atoms with van der Waals surface area (Å²) in [6.45, 7) is 6.15. The van der Waals surface area contributed by atoms with Crippen LogP contribution in [0.1, 0.15) is 54.6 Å². The maximum atomic E-state index is 13.4. The number of carbonyl (C=O) groups excluding carboxylic acids is 3. The second-order valence-corrected chi connectivity index (χ2v) is 10.2. The van der Waals surface area contributed by atoms with Gasteiger partial charge in [-0.1, -0.05) is 55.8 Å². The van der Waals surface area contributed by atoms with Crippen molar-refractivity contribution in [3.63, 3.8) is 0 Å². The van der Waals surface area contributed by atoms with Gasteiger partial charge in [0.25, 0.3) is 15.9 Å². The fourth-order valence-corrected chi connectivity index (χ4v) is 5.66. The Bertz CT molecular complexity index is 1180. The zero-order valence-corrected chi connectivity index (χ0v) is 20.6. The number of amides is 3. The standard InChI is InChI=1S/C25H31N3O5S/c1-4-14-26-24(30)21(5-2)27(17-19-10-8-9-18(3)16-19)23(29)13-15-28-25(31)20-11-6-7-12-22(20)34(28,32)33/h6-12,16,21H,4-5,13-15,17H2,1-3H3,(H,26,30)/t21-/m0/s1. The van der Waals surface area contributed by atoms with Gasteiger partial charge in [0.1, 0.15) is 10.9 Å². The molecule has 1 N–H and O–H groups in total. The zero-order valence-electron chi connectivity index (χ0n) is 19.8. The van der Waals surface area contributed by atoms with E-state index in [9.17, 15) is 22.8 Å². The molecular formula is C25H31N3O5S. The summed E-state index contributed by atoms with van der Waals surface area (Å²) in [5.74, 6) is -1.28. The van der Waals surface area contributed by atoms with Crippen LogP contribution in [0.3, 0.4) is 0 Å². The van der Waals surface area contributed by atoms with Crippen molar-refractivity contribution in [2.24, 2.45) is 0 Å². The fraction of sp³-hybridized carbons (Fsp3) is 0.400. The lowest BCUT2D eigenvalue weighted by Gasteiger charge is -2.31. The Morgan fingerprint density at radius 2 is 1.82 bits per heavy atom. The van der Waals surface area contributed by atoms with E-state index in [0.717, 1.165) is 21.9 Å². The third-order valence-corrected chi connectivity index (χ3v) is 7.65. The van der Waals surface area contributed by atoms with Gasteiger partial charge in [0.05, 0.1) is 5.56 Å². The van der Waals surface area contributed by atoms with Crippen LogP contribution in [-0.4, -0.2) is 54.5 Å². The average molecular weight is 486 g/mol. The molecule has 0 aliphatic carbocycles. The summed E-state index contributed by atoms with van der Waals surface area (Å²) in [4.78, 5) is 40.3. The van der Waals surface area contributed by atoms with Crippen LogP contribution < -0.4 is 5.32 Å². The molecule has 0 spiro atoms. The average Bonchev–Trinajstić information content (AvgIpc) is 3.01. The summed E-state index contributed by atoms with van der Waals surface area (Å²) in [6.07, 6.45) is 0.950. The highest BCUT2D eigenvalue weighted by Crippen LogP contribution is 2.30. The maximum Gasteiger partial charge on any atom is 0.269 e. The van der Waals surface area contributed by atoms with Gasteiger partial charge in [0.15, 0.2) is 0 Å². The molecule has 2 aromatic carbocycles. The normalized spacial score (nSPS) is 15.0. The molecule has 182 valence electrons. The molecule has 0 aromatic heterocycles. The highest BCUT2D eigenvalue weighted by atomic mass is 32.2. The monoisotopic (exact) mass is 485 g/mol. The second kappa shape index (κ2) is 10.8. The third kappa shape index (κ3) is 5.30. The van der Waals surface area contributed by atoms with Crippen LogP contribution in [0.5, 0.6) is 0 Å². The number of carbonyl (C=O) groups is 3. The molecule has 0 fully saturated rings. The van der Waals surface area contributed by atoms with E-state index >= 15 is 0 Å². The van der Waals surface area contributed by atoms with E-state index in [1.165, 1.54) is 17.0 Å². The van der Waals surface area contributed by atoms with Crippen LogP contribution in [0.4, 0.5) is 0 Å². The SMILES string of the molecule is CCCNC(=O)[C@H](CC)N(Cc1cccc(C)c1)C(=O)CCN1C(=O)c2ccccc2S1(=O)=O. The van der Waals surface area contributed by atoms with Gasteiger partial charge in [-0.3, -0.25) is 14.4 Å². The lowest BCUT2D eigenvalue weighted by molar-refractivity contribution is -0.141. The van der Waals surface area contributed by atoms with Gasteiger partial charge >= 0.3 is 0 Å². The summed E-state index contributed by atoms with van der Waals surface area (Å²) in [5.41, 5.74) is 2.00. The molecule has 8 nitrogen and oxygen atoms in total. The molecule has 0 saturated heterocycles. The summed E-state index contributed by atoms with van der Waals surface area (Å²) in [7, 11) is -4.00. The van der Waals surface area contributed by atoms with Crippen molar-refractivity contribution in [1.29, 1.82) is 0 Å². The molecule has 34 heavy (non-hydrogen) atoms. The Labute approximate surface area is 201 Å². The van der Waals surface area contributed by atoms with Crippen molar-refractivity contribution >= 4 is 27.7 Å². The number of benzene rings is 2. The van der Waals surface area contributed by atoms with E-state index in [4.69, 9.17) is 0 Å². The van der Waals surface area contributed by atoms with Crippen LogP contribution in [-0.2, 0) is 26.2 Å². The molecule has 0 bridgehead atoms. The van der Waals surface area contributed by atoms with Crippen LogP contribution in [0.2, 0.25) is 0 Å². The first kappa shape index (κ1) is 25.4. The molecule has 1 atom stereocenters. The summed E-state index contributed by atoms with van der Waals surface area (Å²) >= 11 is 0. The fourth-order valence-electron chi connectivity index (χ4n) is 4.09.